The molecule has 0 fully saturated rings. The van der Waals surface area contributed by atoms with Crippen LogP contribution in [0.25, 0.3) is 0 Å². The van der Waals surface area contributed by atoms with Crippen LogP contribution in [0, 0.1) is 0 Å². The minimum Gasteiger partial charge on any atom is -0.425 e. The van der Waals surface area contributed by atoms with Crippen LogP contribution >= 0.6 is 0 Å². The molecule has 0 heterocycles. The molecule has 0 rings (SSSR count). The van der Waals surface area contributed by atoms with Crippen LogP contribution in [0.5, 0.6) is 0 Å². The number of ether oxygens (including phenoxy) is 1. The molecule has 0 aliphatic carbocycles. The summed E-state index contributed by atoms with van der Waals surface area (Å²) in [6.45, 7) is 0. The molecule has 0 saturated heterocycles. The van der Waals surface area contributed by atoms with E-state index < -0.39 is 19.3 Å². The first kappa shape index (κ1) is 9.73. The molecule has 0 aliphatic heterocycles. The molecule has 0 spiro atoms. The van der Waals surface area contributed by atoms with Crippen molar-refractivity contribution in [1.82, 2.24) is 0 Å². The van der Waals surface area contributed by atoms with E-state index >= 15 is 0 Å². The Morgan fingerprint density at radius 3 is 2.00 bits per heavy atom. The van der Waals surface area contributed by atoms with Gasteiger partial charge in [0.1, 0.15) is 0 Å². The van der Waals surface area contributed by atoms with Gasteiger partial charge in [-0.25, -0.2) is 4.39 Å². The summed E-state index contributed by atoms with van der Waals surface area (Å²) in [5.41, 5.74) is 0. The largest absolute Gasteiger partial charge is 0.497 e. The van der Waals surface area contributed by atoms with Crippen molar-refractivity contribution in [3.05, 3.63) is 0 Å². The first-order valence-corrected chi connectivity index (χ1v) is 2.35. The lowest BCUT2D eigenvalue weighted by molar-refractivity contribution is -0.245. The highest BCUT2D eigenvalue weighted by Gasteiger charge is 2.48. The zero-order valence-corrected chi connectivity index (χ0v) is 5.09. The number of halogens is 3. The monoisotopic (exact) mass is 158 g/mol. The number of hydrogen-bond acceptors (Lipinski definition) is 3. The molecule has 0 aliphatic rings. The van der Waals surface area contributed by atoms with Gasteiger partial charge >= 0.3 is 13.2 Å². The van der Waals surface area contributed by atoms with Gasteiger partial charge in [-0.3, -0.25) is 0 Å². The lowest BCUT2D eigenvalue weighted by Gasteiger charge is -2.16. The van der Waals surface area contributed by atoms with E-state index in [1.54, 1.807) is 0 Å². The Hall–Kier alpha value is -0.265. The van der Waals surface area contributed by atoms with Gasteiger partial charge in [-0.2, -0.15) is 8.78 Å². The number of rotatable bonds is 3. The van der Waals surface area contributed by atoms with Gasteiger partial charge < -0.3 is 14.8 Å². The number of alkyl halides is 3. The molecule has 0 aromatic rings. The van der Waals surface area contributed by atoms with Crippen molar-refractivity contribution in [2.75, 3.05) is 7.11 Å². The summed E-state index contributed by atoms with van der Waals surface area (Å²) in [4.78, 5) is 0. The van der Waals surface area contributed by atoms with E-state index in [-0.39, 0.29) is 0 Å². The summed E-state index contributed by atoms with van der Waals surface area (Å²) < 4.78 is 39.0. The molecule has 0 amide bonds. The lowest BCUT2D eigenvalue weighted by atomic mass is 9.83. The third kappa shape index (κ3) is 2.16. The van der Waals surface area contributed by atoms with E-state index in [9.17, 15) is 13.2 Å². The molecule has 0 radical (unpaired) electrons. The molecular formula is C3H6BF3O3. The van der Waals surface area contributed by atoms with Crippen LogP contribution in [0.15, 0.2) is 0 Å². The summed E-state index contributed by atoms with van der Waals surface area (Å²) in [5.74, 6) is 0. The van der Waals surface area contributed by atoms with E-state index in [2.05, 4.69) is 4.74 Å². The van der Waals surface area contributed by atoms with Gasteiger partial charge in [0.25, 0.3) is 0 Å². The summed E-state index contributed by atoms with van der Waals surface area (Å²) in [6, 6.07) is 0. The zero-order valence-electron chi connectivity index (χ0n) is 5.09. The molecule has 0 aromatic heterocycles. The third-order valence-corrected chi connectivity index (χ3v) is 0.855. The topological polar surface area (TPSA) is 49.7 Å². The molecular weight excluding hydrogens is 152 g/mol. The van der Waals surface area contributed by atoms with Crippen LogP contribution in [-0.4, -0.2) is 36.5 Å². The predicted molar refractivity (Wildman–Crippen MR) is 27.0 cm³/mol. The zero-order chi connectivity index (χ0) is 8.36. The van der Waals surface area contributed by atoms with Crippen molar-refractivity contribution >= 4 is 7.12 Å². The third-order valence-electron chi connectivity index (χ3n) is 0.855. The summed E-state index contributed by atoms with van der Waals surface area (Å²) >= 11 is 0. The van der Waals surface area contributed by atoms with Gasteiger partial charge in [0.15, 0.2) is 0 Å². The van der Waals surface area contributed by atoms with Crippen molar-refractivity contribution in [2.24, 2.45) is 0 Å². The highest BCUT2D eigenvalue weighted by atomic mass is 19.3. The minimum absolute atomic E-state index is 0.564. The van der Waals surface area contributed by atoms with Crippen LogP contribution in [0.2, 0.25) is 0 Å². The maximum Gasteiger partial charge on any atom is 0.497 e. The van der Waals surface area contributed by atoms with Crippen LogP contribution in [0.3, 0.4) is 0 Å². The second-order valence-electron chi connectivity index (χ2n) is 1.58. The highest BCUT2D eigenvalue weighted by molar-refractivity contribution is 6.43. The Bertz CT molecular complexity index is 109. The normalized spacial score (nSPS) is 15.0. The number of hydrogen-bond donors (Lipinski definition) is 2. The van der Waals surface area contributed by atoms with Crippen LogP contribution in [0.4, 0.5) is 13.2 Å². The maximum atomic E-state index is 11.9. The lowest BCUT2D eigenvalue weighted by Crippen LogP contribution is -2.43. The molecule has 7 heteroatoms. The van der Waals surface area contributed by atoms with Gasteiger partial charge in [-0.15, -0.1) is 0 Å². The van der Waals surface area contributed by atoms with E-state index in [1.165, 1.54) is 0 Å². The Kier molecular flexibility index (Phi) is 3.14. The quantitative estimate of drug-likeness (QED) is 0.548. The van der Waals surface area contributed by atoms with Crippen LogP contribution < -0.4 is 0 Å². The smallest absolute Gasteiger partial charge is 0.425 e. The summed E-state index contributed by atoms with van der Waals surface area (Å²) in [5, 5.41) is 15.8. The maximum absolute atomic E-state index is 11.9. The summed E-state index contributed by atoms with van der Waals surface area (Å²) in [6.07, 6.45) is -7.26. The molecule has 0 aromatic carbocycles. The van der Waals surface area contributed by atoms with E-state index in [1.807, 2.05) is 0 Å². The average molecular weight is 158 g/mol. The van der Waals surface area contributed by atoms with Crippen molar-refractivity contribution in [3.63, 3.8) is 0 Å². The van der Waals surface area contributed by atoms with Crippen molar-refractivity contribution < 1.29 is 28.0 Å². The Morgan fingerprint density at radius 1 is 1.50 bits per heavy atom. The van der Waals surface area contributed by atoms with Gasteiger partial charge in [-0.05, 0) is 0 Å². The van der Waals surface area contributed by atoms with Crippen molar-refractivity contribution in [1.29, 1.82) is 0 Å². The Balaban J connectivity index is 4.03. The number of methoxy groups -OCH3 is 1. The fourth-order valence-electron chi connectivity index (χ4n) is 0.286. The van der Waals surface area contributed by atoms with Crippen molar-refractivity contribution in [2.45, 2.75) is 12.2 Å². The molecule has 60 valence electrons. The molecule has 10 heavy (non-hydrogen) atoms. The fourth-order valence-corrected chi connectivity index (χ4v) is 0.286. The molecule has 3 nitrogen and oxygen atoms in total. The van der Waals surface area contributed by atoms with Crippen molar-refractivity contribution in [3.8, 4) is 0 Å². The van der Waals surface area contributed by atoms with E-state index in [0.717, 1.165) is 0 Å². The second kappa shape index (κ2) is 3.22. The Morgan fingerprint density at radius 2 is 1.90 bits per heavy atom. The van der Waals surface area contributed by atoms with Crippen LogP contribution in [-0.2, 0) is 4.74 Å². The molecule has 2 N–H and O–H groups in total. The van der Waals surface area contributed by atoms with E-state index in [0.29, 0.717) is 7.11 Å². The van der Waals surface area contributed by atoms with Gasteiger partial charge in [0.05, 0.1) is 0 Å². The molecule has 0 saturated carbocycles. The fraction of sp³-hybridized carbons (Fsp3) is 1.00. The average Bonchev–Trinajstić information content (AvgIpc) is 1.86. The first-order chi connectivity index (χ1) is 4.41. The van der Waals surface area contributed by atoms with Gasteiger partial charge in [0.2, 0.25) is 6.07 Å². The minimum atomic E-state index is -4.14. The van der Waals surface area contributed by atoms with Gasteiger partial charge in [0, 0.05) is 7.11 Å². The molecule has 0 bridgehead atoms. The summed E-state index contributed by atoms with van der Waals surface area (Å²) in [7, 11) is -2.16. The highest BCUT2D eigenvalue weighted by Crippen LogP contribution is 2.22. The second-order valence-corrected chi connectivity index (χ2v) is 1.58. The van der Waals surface area contributed by atoms with Gasteiger partial charge in [-0.1, -0.05) is 0 Å². The molecule has 1 unspecified atom stereocenters. The molecule has 1 atom stereocenters. The predicted octanol–water partition coefficient (Wildman–Crippen LogP) is -0.424. The standard InChI is InChI=1S/C3H6BF3O3/c1-10-3(6,7)2(5)4(8)9/h2,8-9H,1H3. The first-order valence-electron chi connectivity index (χ1n) is 2.35. The van der Waals surface area contributed by atoms with Crippen LogP contribution in [0.1, 0.15) is 0 Å². The Labute approximate surface area is 55.6 Å². The SMILES string of the molecule is COC(F)(F)C(F)B(O)O. The van der Waals surface area contributed by atoms with E-state index in [4.69, 9.17) is 10.0 Å².